The summed E-state index contributed by atoms with van der Waals surface area (Å²) < 4.78 is 0. The van der Waals surface area contributed by atoms with Crippen molar-refractivity contribution < 1.29 is 9.59 Å². The summed E-state index contributed by atoms with van der Waals surface area (Å²) in [5, 5.41) is 5.86. The van der Waals surface area contributed by atoms with Gasteiger partial charge in [0.05, 0.1) is 6.54 Å². The summed E-state index contributed by atoms with van der Waals surface area (Å²) in [7, 11) is 0. The molecular weight excluding hydrogens is 352 g/mol. The number of carbonyl (C=O) groups excluding carboxylic acids is 2. The van der Waals surface area contributed by atoms with E-state index in [0.717, 1.165) is 35.2 Å². The fourth-order valence-electron chi connectivity index (χ4n) is 3.26. The molecule has 0 radical (unpaired) electrons. The van der Waals surface area contributed by atoms with Gasteiger partial charge in [-0.3, -0.25) is 14.5 Å². The second kappa shape index (κ2) is 8.97. The molecule has 1 fully saturated rings. The van der Waals surface area contributed by atoms with E-state index in [-0.39, 0.29) is 11.8 Å². The summed E-state index contributed by atoms with van der Waals surface area (Å²) in [6.45, 7) is 6.80. The largest absolute Gasteiger partial charge is 0.324 e. The molecule has 1 aromatic carbocycles. The predicted molar refractivity (Wildman–Crippen MR) is 111 cm³/mol. The summed E-state index contributed by atoms with van der Waals surface area (Å²) in [5.74, 6) is 0.444. The first kappa shape index (κ1) is 20.0. The number of amides is 2. The van der Waals surface area contributed by atoms with Gasteiger partial charge < -0.3 is 10.6 Å². The van der Waals surface area contributed by atoms with Gasteiger partial charge in [-0.2, -0.15) is 0 Å². The molecule has 1 aromatic heterocycles. The van der Waals surface area contributed by atoms with Crippen LogP contribution in [0.1, 0.15) is 36.0 Å². The number of hydrogen-bond acceptors (Lipinski definition) is 4. The molecule has 0 aliphatic heterocycles. The Morgan fingerprint density at radius 2 is 1.79 bits per heavy atom. The Morgan fingerprint density at radius 3 is 2.43 bits per heavy atom. The van der Waals surface area contributed by atoms with Crippen molar-refractivity contribution in [3.8, 4) is 0 Å². The fourth-order valence-corrected chi connectivity index (χ4v) is 3.26. The number of anilines is 2. The van der Waals surface area contributed by atoms with Crippen molar-refractivity contribution in [1.82, 2.24) is 9.88 Å². The molecule has 6 nitrogen and oxygen atoms in total. The third kappa shape index (κ3) is 5.63. The molecule has 1 aliphatic rings. The van der Waals surface area contributed by atoms with E-state index in [1.54, 1.807) is 6.20 Å². The first-order valence-electron chi connectivity index (χ1n) is 9.75. The molecule has 1 saturated carbocycles. The zero-order valence-electron chi connectivity index (χ0n) is 16.8. The summed E-state index contributed by atoms with van der Waals surface area (Å²) in [4.78, 5) is 31.1. The molecule has 1 aliphatic carbocycles. The summed E-state index contributed by atoms with van der Waals surface area (Å²) in [5.41, 5.74) is 4.03. The van der Waals surface area contributed by atoms with E-state index >= 15 is 0 Å². The molecular formula is C22H28N4O2. The van der Waals surface area contributed by atoms with Crippen LogP contribution < -0.4 is 10.6 Å². The molecule has 1 heterocycles. The Kier molecular flexibility index (Phi) is 6.41. The number of rotatable bonds is 8. The number of nitrogens with zero attached hydrogens (tertiary/aromatic N) is 2. The number of carbonyl (C=O) groups is 2. The molecule has 6 heteroatoms. The zero-order chi connectivity index (χ0) is 20.1. The summed E-state index contributed by atoms with van der Waals surface area (Å²) >= 11 is 0. The van der Waals surface area contributed by atoms with Crippen molar-refractivity contribution in [2.75, 3.05) is 23.7 Å². The van der Waals surface area contributed by atoms with Crippen LogP contribution in [0.15, 0.2) is 36.5 Å². The molecule has 28 heavy (non-hydrogen) atoms. The number of para-hydroxylation sites is 1. The van der Waals surface area contributed by atoms with Gasteiger partial charge in [0, 0.05) is 30.9 Å². The van der Waals surface area contributed by atoms with Crippen LogP contribution in [-0.4, -0.2) is 40.8 Å². The van der Waals surface area contributed by atoms with Crippen LogP contribution in [0, 0.1) is 20.8 Å². The van der Waals surface area contributed by atoms with E-state index in [0.29, 0.717) is 31.4 Å². The highest BCUT2D eigenvalue weighted by molar-refractivity contribution is 5.94. The van der Waals surface area contributed by atoms with Crippen LogP contribution in [0.5, 0.6) is 0 Å². The Bertz CT molecular complexity index is 841. The number of benzene rings is 1. The van der Waals surface area contributed by atoms with Gasteiger partial charge in [0.25, 0.3) is 0 Å². The average Bonchev–Trinajstić information content (AvgIpc) is 3.47. The van der Waals surface area contributed by atoms with Gasteiger partial charge in [0.2, 0.25) is 11.8 Å². The van der Waals surface area contributed by atoms with E-state index in [9.17, 15) is 9.59 Å². The lowest BCUT2D eigenvalue weighted by molar-refractivity contribution is -0.119. The monoisotopic (exact) mass is 380 g/mol. The van der Waals surface area contributed by atoms with E-state index in [1.807, 2.05) is 51.1 Å². The van der Waals surface area contributed by atoms with Crippen LogP contribution in [-0.2, 0) is 9.59 Å². The smallest absolute Gasteiger partial charge is 0.238 e. The van der Waals surface area contributed by atoms with E-state index in [4.69, 9.17) is 0 Å². The van der Waals surface area contributed by atoms with Crippen molar-refractivity contribution in [3.63, 3.8) is 0 Å². The van der Waals surface area contributed by atoms with Crippen LogP contribution in [0.4, 0.5) is 11.5 Å². The molecule has 0 saturated heterocycles. The van der Waals surface area contributed by atoms with Crippen molar-refractivity contribution in [1.29, 1.82) is 0 Å². The summed E-state index contributed by atoms with van der Waals surface area (Å²) in [6, 6.07) is 10.1. The number of aryl methyl sites for hydroxylation is 3. The lowest BCUT2D eigenvalue weighted by atomic mass is 10.1. The Balaban J connectivity index is 1.52. The van der Waals surface area contributed by atoms with Gasteiger partial charge in [0.1, 0.15) is 5.82 Å². The maximum absolute atomic E-state index is 12.6. The minimum absolute atomic E-state index is 0.0370. The standard InChI is InChI=1S/C22H28N4O2/c1-15-9-11-23-19(13-15)24-20(27)10-12-26(18-7-8-18)14-21(28)25-22-16(2)5-4-6-17(22)3/h4-6,9,11,13,18H,7-8,10,12,14H2,1-3H3,(H,25,28)(H,23,24,27). The van der Waals surface area contributed by atoms with Gasteiger partial charge in [-0.1, -0.05) is 18.2 Å². The second-order valence-electron chi connectivity index (χ2n) is 7.53. The minimum atomic E-state index is -0.0843. The third-order valence-electron chi connectivity index (χ3n) is 4.96. The number of nitrogens with one attached hydrogen (secondary N) is 2. The molecule has 2 N–H and O–H groups in total. The third-order valence-corrected chi connectivity index (χ3v) is 4.96. The molecule has 148 valence electrons. The van der Waals surface area contributed by atoms with Crippen molar-refractivity contribution in [2.45, 2.75) is 46.1 Å². The Hall–Kier alpha value is -2.73. The highest BCUT2D eigenvalue weighted by Crippen LogP contribution is 2.27. The summed E-state index contributed by atoms with van der Waals surface area (Å²) in [6.07, 6.45) is 4.18. The van der Waals surface area contributed by atoms with Crippen LogP contribution in [0.3, 0.4) is 0 Å². The first-order valence-corrected chi connectivity index (χ1v) is 9.75. The number of aromatic nitrogens is 1. The van der Waals surface area contributed by atoms with E-state index < -0.39 is 0 Å². The molecule has 0 spiro atoms. The topological polar surface area (TPSA) is 74.3 Å². The number of pyridine rings is 1. The molecule has 0 atom stereocenters. The van der Waals surface area contributed by atoms with Crippen molar-refractivity contribution in [2.24, 2.45) is 0 Å². The predicted octanol–water partition coefficient (Wildman–Crippen LogP) is 3.44. The zero-order valence-corrected chi connectivity index (χ0v) is 16.8. The van der Waals surface area contributed by atoms with Crippen molar-refractivity contribution in [3.05, 3.63) is 53.2 Å². The average molecular weight is 380 g/mol. The van der Waals surface area contributed by atoms with Gasteiger partial charge in [0.15, 0.2) is 0 Å². The van der Waals surface area contributed by atoms with Crippen LogP contribution in [0.25, 0.3) is 0 Å². The lowest BCUT2D eigenvalue weighted by Gasteiger charge is -2.22. The maximum atomic E-state index is 12.6. The maximum Gasteiger partial charge on any atom is 0.238 e. The quantitative estimate of drug-likeness (QED) is 0.736. The molecule has 2 amide bonds. The molecule has 0 bridgehead atoms. The fraction of sp³-hybridized carbons (Fsp3) is 0.409. The normalized spacial score (nSPS) is 13.4. The second-order valence-corrected chi connectivity index (χ2v) is 7.53. The van der Waals surface area contributed by atoms with Gasteiger partial charge in [-0.15, -0.1) is 0 Å². The highest BCUT2D eigenvalue weighted by atomic mass is 16.2. The van der Waals surface area contributed by atoms with Crippen molar-refractivity contribution >= 4 is 23.3 Å². The van der Waals surface area contributed by atoms with Gasteiger partial charge in [-0.05, 0) is 62.4 Å². The molecule has 2 aromatic rings. The van der Waals surface area contributed by atoms with Gasteiger partial charge >= 0.3 is 0 Å². The van der Waals surface area contributed by atoms with Crippen LogP contribution in [0.2, 0.25) is 0 Å². The lowest BCUT2D eigenvalue weighted by Crippen LogP contribution is -2.37. The molecule has 0 unspecified atom stereocenters. The Labute approximate surface area is 166 Å². The van der Waals surface area contributed by atoms with E-state index in [1.165, 1.54) is 0 Å². The van der Waals surface area contributed by atoms with E-state index in [2.05, 4.69) is 20.5 Å². The van der Waals surface area contributed by atoms with Crippen LogP contribution >= 0.6 is 0 Å². The first-order chi connectivity index (χ1) is 13.4. The SMILES string of the molecule is Cc1ccnc(NC(=O)CCN(CC(=O)Nc2c(C)cccc2C)C2CC2)c1. The number of hydrogen-bond donors (Lipinski definition) is 2. The highest BCUT2D eigenvalue weighted by Gasteiger charge is 2.30. The minimum Gasteiger partial charge on any atom is -0.324 e. The van der Waals surface area contributed by atoms with Gasteiger partial charge in [-0.25, -0.2) is 4.98 Å². The molecule has 3 rings (SSSR count). The Morgan fingerprint density at radius 1 is 1.07 bits per heavy atom.